The number of hydrogen-bond donors (Lipinski definition) is 2. The van der Waals surface area contributed by atoms with Crippen LogP contribution in [0.1, 0.15) is 24.3 Å². The van der Waals surface area contributed by atoms with E-state index < -0.39 is 0 Å². The number of nitrogens with zero attached hydrogens (tertiary/aromatic N) is 1. The molecule has 68 valence electrons. The highest BCUT2D eigenvalue weighted by atomic mass is 32.1. The van der Waals surface area contributed by atoms with Gasteiger partial charge in [0.2, 0.25) is 0 Å². The van der Waals surface area contributed by atoms with Crippen LogP contribution in [0.4, 0.5) is 0 Å². The molecule has 2 N–H and O–H groups in total. The Morgan fingerprint density at radius 2 is 2.58 bits per heavy atom. The third-order valence-corrected chi connectivity index (χ3v) is 2.55. The van der Waals surface area contributed by atoms with Crippen LogP contribution in [-0.4, -0.2) is 23.2 Å². The summed E-state index contributed by atoms with van der Waals surface area (Å²) in [5, 5.41) is 12.1. The summed E-state index contributed by atoms with van der Waals surface area (Å²) < 4.78 is 0. The van der Waals surface area contributed by atoms with Gasteiger partial charge in [-0.3, -0.25) is 4.98 Å². The molecular weight excluding hydrogens is 172 g/mol. The average molecular weight is 186 g/mol. The van der Waals surface area contributed by atoms with Crippen molar-refractivity contribution in [2.75, 3.05) is 13.2 Å². The molecule has 0 amide bonds. The van der Waals surface area contributed by atoms with Crippen molar-refractivity contribution in [2.45, 2.75) is 19.4 Å². The quantitative estimate of drug-likeness (QED) is 0.725. The molecule has 0 aliphatic rings. The molecule has 0 saturated heterocycles. The number of rotatable bonds is 5. The molecule has 1 atom stereocenters. The zero-order valence-electron chi connectivity index (χ0n) is 7.16. The van der Waals surface area contributed by atoms with Gasteiger partial charge in [-0.2, -0.15) is 0 Å². The highest BCUT2D eigenvalue weighted by Crippen LogP contribution is 2.19. The summed E-state index contributed by atoms with van der Waals surface area (Å²) in [6, 6.07) is 0.271. The van der Waals surface area contributed by atoms with E-state index in [1.165, 1.54) is 4.88 Å². The molecule has 1 rings (SSSR count). The van der Waals surface area contributed by atoms with Gasteiger partial charge in [0.15, 0.2) is 0 Å². The number of thiazole rings is 1. The van der Waals surface area contributed by atoms with E-state index in [0.717, 1.165) is 13.0 Å². The van der Waals surface area contributed by atoms with Crippen molar-refractivity contribution in [2.24, 2.45) is 0 Å². The molecule has 0 fully saturated rings. The van der Waals surface area contributed by atoms with Crippen molar-refractivity contribution >= 4 is 11.3 Å². The van der Waals surface area contributed by atoms with Crippen LogP contribution in [0.5, 0.6) is 0 Å². The topological polar surface area (TPSA) is 45.1 Å². The van der Waals surface area contributed by atoms with Crippen LogP contribution < -0.4 is 5.32 Å². The van der Waals surface area contributed by atoms with E-state index >= 15 is 0 Å². The Balaban J connectivity index is 2.53. The maximum Gasteiger partial charge on any atom is 0.0794 e. The molecule has 1 unspecified atom stereocenters. The summed E-state index contributed by atoms with van der Waals surface area (Å²) in [5.41, 5.74) is 1.82. The maximum absolute atomic E-state index is 8.81. The SMILES string of the molecule is CCNC(CCO)c1cncs1. The van der Waals surface area contributed by atoms with Crippen molar-refractivity contribution < 1.29 is 5.11 Å². The number of aliphatic hydroxyl groups excluding tert-OH is 1. The molecular formula is C8H14N2OS. The first-order valence-electron chi connectivity index (χ1n) is 4.11. The van der Waals surface area contributed by atoms with Gasteiger partial charge in [-0.1, -0.05) is 6.92 Å². The minimum Gasteiger partial charge on any atom is -0.396 e. The summed E-state index contributed by atoms with van der Waals surface area (Å²) in [7, 11) is 0. The van der Waals surface area contributed by atoms with Crippen LogP contribution in [0, 0.1) is 0 Å². The van der Waals surface area contributed by atoms with E-state index in [1.807, 2.05) is 11.7 Å². The van der Waals surface area contributed by atoms with Crippen molar-refractivity contribution in [1.82, 2.24) is 10.3 Å². The Kier molecular flexibility index (Phi) is 4.21. The lowest BCUT2D eigenvalue weighted by Crippen LogP contribution is -2.20. The maximum atomic E-state index is 8.81. The van der Waals surface area contributed by atoms with Crippen LogP contribution in [0.2, 0.25) is 0 Å². The van der Waals surface area contributed by atoms with Gasteiger partial charge in [0, 0.05) is 23.7 Å². The summed E-state index contributed by atoms with van der Waals surface area (Å²) in [6.45, 7) is 3.20. The molecule has 1 aromatic heterocycles. The lowest BCUT2D eigenvalue weighted by Gasteiger charge is -2.13. The number of nitrogens with one attached hydrogen (secondary N) is 1. The van der Waals surface area contributed by atoms with Gasteiger partial charge < -0.3 is 10.4 Å². The van der Waals surface area contributed by atoms with E-state index in [4.69, 9.17) is 5.11 Å². The first kappa shape index (κ1) is 9.64. The zero-order chi connectivity index (χ0) is 8.81. The normalized spacial score (nSPS) is 13.2. The monoisotopic (exact) mass is 186 g/mol. The predicted molar refractivity (Wildman–Crippen MR) is 50.2 cm³/mol. The molecule has 1 aromatic rings. The second kappa shape index (κ2) is 5.24. The fraction of sp³-hybridized carbons (Fsp3) is 0.625. The Labute approximate surface area is 76.5 Å². The van der Waals surface area contributed by atoms with Gasteiger partial charge in [-0.25, -0.2) is 0 Å². The van der Waals surface area contributed by atoms with Crippen molar-refractivity contribution in [3.05, 3.63) is 16.6 Å². The van der Waals surface area contributed by atoms with Gasteiger partial charge in [-0.15, -0.1) is 11.3 Å². The highest BCUT2D eigenvalue weighted by molar-refractivity contribution is 7.09. The first-order valence-corrected chi connectivity index (χ1v) is 4.99. The summed E-state index contributed by atoms with van der Waals surface area (Å²) >= 11 is 1.63. The minimum absolute atomic E-state index is 0.218. The molecule has 0 aromatic carbocycles. The van der Waals surface area contributed by atoms with Crippen LogP contribution in [0.15, 0.2) is 11.7 Å². The van der Waals surface area contributed by atoms with E-state index in [1.54, 1.807) is 11.3 Å². The van der Waals surface area contributed by atoms with Gasteiger partial charge in [-0.05, 0) is 13.0 Å². The molecule has 0 bridgehead atoms. The summed E-state index contributed by atoms with van der Waals surface area (Å²) in [4.78, 5) is 5.20. The first-order chi connectivity index (χ1) is 5.88. The Hall–Kier alpha value is -0.450. The van der Waals surface area contributed by atoms with Crippen molar-refractivity contribution in [3.63, 3.8) is 0 Å². The van der Waals surface area contributed by atoms with Gasteiger partial charge in [0.25, 0.3) is 0 Å². The molecule has 1 heterocycles. The minimum atomic E-state index is 0.218. The predicted octanol–water partition coefficient (Wildman–Crippen LogP) is 1.18. The molecule has 0 radical (unpaired) electrons. The number of aliphatic hydroxyl groups is 1. The lowest BCUT2D eigenvalue weighted by atomic mass is 10.2. The zero-order valence-corrected chi connectivity index (χ0v) is 7.97. The molecule has 0 saturated carbocycles. The standard InChI is InChI=1S/C8H14N2OS/c1-2-10-7(3-4-11)8-5-9-6-12-8/h5-7,10-11H,2-4H2,1H3. The van der Waals surface area contributed by atoms with Crippen LogP contribution >= 0.6 is 11.3 Å². The lowest BCUT2D eigenvalue weighted by molar-refractivity contribution is 0.267. The van der Waals surface area contributed by atoms with Crippen LogP contribution in [0.3, 0.4) is 0 Å². The highest BCUT2D eigenvalue weighted by Gasteiger charge is 2.09. The Morgan fingerprint density at radius 1 is 1.75 bits per heavy atom. The largest absolute Gasteiger partial charge is 0.396 e. The number of hydrogen-bond acceptors (Lipinski definition) is 4. The molecule has 0 aliphatic carbocycles. The molecule has 3 nitrogen and oxygen atoms in total. The van der Waals surface area contributed by atoms with Crippen LogP contribution in [-0.2, 0) is 0 Å². The second-order valence-corrected chi connectivity index (χ2v) is 3.44. The fourth-order valence-corrected chi connectivity index (χ4v) is 1.85. The van der Waals surface area contributed by atoms with Gasteiger partial charge >= 0.3 is 0 Å². The molecule has 0 spiro atoms. The van der Waals surface area contributed by atoms with Crippen molar-refractivity contribution in [1.29, 1.82) is 0 Å². The average Bonchev–Trinajstić information content (AvgIpc) is 2.56. The van der Waals surface area contributed by atoms with E-state index in [2.05, 4.69) is 17.2 Å². The Morgan fingerprint density at radius 3 is 3.08 bits per heavy atom. The smallest absolute Gasteiger partial charge is 0.0794 e. The van der Waals surface area contributed by atoms with Crippen molar-refractivity contribution in [3.8, 4) is 0 Å². The van der Waals surface area contributed by atoms with E-state index in [-0.39, 0.29) is 12.6 Å². The van der Waals surface area contributed by atoms with E-state index in [0.29, 0.717) is 0 Å². The van der Waals surface area contributed by atoms with Gasteiger partial charge in [0.05, 0.1) is 5.51 Å². The van der Waals surface area contributed by atoms with E-state index in [9.17, 15) is 0 Å². The number of aromatic nitrogens is 1. The second-order valence-electron chi connectivity index (χ2n) is 2.53. The third-order valence-electron chi connectivity index (χ3n) is 1.66. The molecule has 4 heteroatoms. The Bertz CT molecular complexity index is 195. The summed E-state index contributed by atoms with van der Waals surface area (Å²) in [5.74, 6) is 0. The summed E-state index contributed by atoms with van der Waals surface area (Å²) in [6.07, 6.45) is 2.61. The molecule has 12 heavy (non-hydrogen) atoms. The fourth-order valence-electron chi connectivity index (χ4n) is 1.12. The van der Waals surface area contributed by atoms with Crippen LogP contribution in [0.25, 0.3) is 0 Å². The van der Waals surface area contributed by atoms with Gasteiger partial charge in [0.1, 0.15) is 0 Å². The third kappa shape index (κ3) is 2.55. The molecule has 0 aliphatic heterocycles.